The minimum Gasteiger partial charge on any atom is -0.284 e. The first-order valence-corrected chi connectivity index (χ1v) is 5.20. The number of rotatable bonds is 4. The fourth-order valence-corrected chi connectivity index (χ4v) is 1.72. The minimum absolute atomic E-state index is 0.00900. The van der Waals surface area contributed by atoms with E-state index in [2.05, 4.69) is 21.5 Å². The smallest absolute Gasteiger partial charge is 0.244 e. The second-order valence-corrected chi connectivity index (χ2v) is 4.58. The molecule has 0 fully saturated rings. The van der Waals surface area contributed by atoms with Gasteiger partial charge in [-0.25, -0.2) is 13.1 Å². The van der Waals surface area contributed by atoms with Crippen molar-refractivity contribution in [2.45, 2.75) is 4.90 Å². The normalized spacial score (nSPS) is 11.5. The zero-order valence-corrected chi connectivity index (χ0v) is 8.19. The van der Waals surface area contributed by atoms with Crippen LogP contribution in [0.1, 0.15) is 0 Å². The second kappa shape index (κ2) is 3.91. The van der Waals surface area contributed by atoms with Crippen LogP contribution >= 0.6 is 11.6 Å². The van der Waals surface area contributed by atoms with Crippen LogP contribution in [0.5, 0.6) is 0 Å². The molecule has 1 rings (SSSR count). The summed E-state index contributed by atoms with van der Waals surface area (Å²) in [4.78, 5) is 0.0745. The summed E-state index contributed by atoms with van der Waals surface area (Å²) in [6, 6.07) is 0. The van der Waals surface area contributed by atoms with Crippen LogP contribution < -0.4 is 4.72 Å². The summed E-state index contributed by atoms with van der Waals surface area (Å²) in [6.45, 7) is 3.36. The highest BCUT2D eigenvalue weighted by Crippen LogP contribution is 2.05. The molecule has 1 heterocycles. The van der Waals surface area contributed by atoms with E-state index >= 15 is 0 Å². The van der Waals surface area contributed by atoms with Crippen molar-refractivity contribution in [1.82, 2.24) is 14.9 Å². The summed E-state index contributed by atoms with van der Waals surface area (Å²) in [7, 11) is -3.50. The van der Waals surface area contributed by atoms with Gasteiger partial charge >= 0.3 is 0 Å². The summed E-state index contributed by atoms with van der Waals surface area (Å²) in [5.41, 5.74) is 0. The number of aromatic amines is 1. The van der Waals surface area contributed by atoms with E-state index in [1.54, 1.807) is 0 Å². The van der Waals surface area contributed by atoms with Crippen molar-refractivity contribution >= 4 is 21.6 Å². The Morgan fingerprint density at radius 1 is 1.77 bits per heavy atom. The number of nitrogens with one attached hydrogen (secondary N) is 2. The molecule has 0 aliphatic heterocycles. The number of sulfonamides is 1. The van der Waals surface area contributed by atoms with Gasteiger partial charge in [0.15, 0.2) is 0 Å². The van der Waals surface area contributed by atoms with E-state index in [1.165, 1.54) is 12.4 Å². The Labute approximate surface area is 80.8 Å². The standard InChI is InChI=1S/C6H8ClN3O2S/c1-5(7)2-10-13(11,12)6-3-8-9-4-6/h3-4,10H,1-2H2,(H,8,9). The summed E-state index contributed by atoms with van der Waals surface area (Å²) in [5.74, 6) is 0. The minimum atomic E-state index is -3.50. The molecular weight excluding hydrogens is 214 g/mol. The van der Waals surface area contributed by atoms with Gasteiger partial charge in [0.05, 0.1) is 6.20 Å². The molecule has 0 bridgehead atoms. The van der Waals surface area contributed by atoms with Gasteiger partial charge in [-0.1, -0.05) is 18.2 Å². The van der Waals surface area contributed by atoms with Crippen LogP contribution in [-0.4, -0.2) is 25.2 Å². The lowest BCUT2D eigenvalue weighted by Crippen LogP contribution is -2.24. The molecule has 2 N–H and O–H groups in total. The Morgan fingerprint density at radius 3 is 2.92 bits per heavy atom. The monoisotopic (exact) mass is 221 g/mol. The third kappa shape index (κ3) is 2.83. The van der Waals surface area contributed by atoms with Crippen LogP contribution in [-0.2, 0) is 10.0 Å². The van der Waals surface area contributed by atoms with Gasteiger partial charge in [-0.05, 0) is 0 Å². The van der Waals surface area contributed by atoms with E-state index in [0.717, 1.165) is 0 Å². The maximum Gasteiger partial charge on any atom is 0.244 e. The first kappa shape index (κ1) is 10.2. The number of nitrogens with zero attached hydrogens (tertiary/aromatic N) is 1. The molecule has 0 amide bonds. The average Bonchev–Trinajstić information content (AvgIpc) is 2.53. The number of aromatic nitrogens is 2. The largest absolute Gasteiger partial charge is 0.284 e. The molecule has 0 saturated carbocycles. The maximum atomic E-state index is 11.3. The molecule has 13 heavy (non-hydrogen) atoms. The number of hydrogen-bond donors (Lipinski definition) is 2. The molecule has 7 heteroatoms. The quantitative estimate of drug-likeness (QED) is 0.775. The van der Waals surface area contributed by atoms with Gasteiger partial charge in [0.1, 0.15) is 4.90 Å². The summed E-state index contributed by atoms with van der Waals surface area (Å²) >= 11 is 5.40. The van der Waals surface area contributed by atoms with Crippen LogP contribution in [0.3, 0.4) is 0 Å². The fraction of sp³-hybridized carbons (Fsp3) is 0.167. The van der Waals surface area contributed by atoms with Crippen molar-refractivity contribution < 1.29 is 8.42 Å². The van der Waals surface area contributed by atoms with E-state index in [1.807, 2.05) is 0 Å². The molecule has 0 aliphatic rings. The van der Waals surface area contributed by atoms with Crippen LogP contribution in [0, 0.1) is 0 Å². The van der Waals surface area contributed by atoms with Crippen molar-refractivity contribution in [3.8, 4) is 0 Å². The van der Waals surface area contributed by atoms with Crippen molar-refractivity contribution in [1.29, 1.82) is 0 Å². The van der Waals surface area contributed by atoms with Crippen LogP contribution in [0.25, 0.3) is 0 Å². The summed E-state index contributed by atoms with van der Waals surface area (Å²) in [5, 5.41) is 6.14. The van der Waals surface area contributed by atoms with Gasteiger partial charge < -0.3 is 0 Å². The lowest BCUT2D eigenvalue weighted by Gasteiger charge is -2.01. The molecule has 1 aromatic rings. The van der Waals surface area contributed by atoms with E-state index in [0.29, 0.717) is 0 Å². The lowest BCUT2D eigenvalue weighted by molar-refractivity contribution is 0.585. The van der Waals surface area contributed by atoms with E-state index in [9.17, 15) is 8.42 Å². The SMILES string of the molecule is C=C(Cl)CNS(=O)(=O)c1cn[nH]c1. The van der Waals surface area contributed by atoms with E-state index in [-0.39, 0.29) is 16.5 Å². The number of H-pyrrole nitrogens is 1. The van der Waals surface area contributed by atoms with Crippen molar-refractivity contribution in [3.63, 3.8) is 0 Å². The zero-order chi connectivity index (χ0) is 9.90. The van der Waals surface area contributed by atoms with Crippen LogP contribution in [0.15, 0.2) is 28.9 Å². The highest BCUT2D eigenvalue weighted by atomic mass is 35.5. The van der Waals surface area contributed by atoms with Gasteiger partial charge in [0.25, 0.3) is 0 Å². The molecule has 0 radical (unpaired) electrons. The highest BCUT2D eigenvalue weighted by Gasteiger charge is 2.13. The Balaban J connectivity index is 2.74. The molecular formula is C6H8ClN3O2S. The Bertz CT molecular complexity index is 384. The molecule has 0 atom stereocenters. The van der Waals surface area contributed by atoms with Gasteiger partial charge in [0, 0.05) is 17.8 Å². The van der Waals surface area contributed by atoms with Gasteiger partial charge in [0.2, 0.25) is 10.0 Å². The molecule has 0 aromatic carbocycles. The van der Waals surface area contributed by atoms with Gasteiger partial charge in [-0.15, -0.1) is 0 Å². The lowest BCUT2D eigenvalue weighted by atomic mass is 10.7. The Kier molecular flexibility index (Phi) is 3.07. The zero-order valence-electron chi connectivity index (χ0n) is 6.62. The molecule has 72 valence electrons. The van der Waals surface area contributed by atoms with Crippen molar-refractivity contribution in [2.75, 3.05) is 6.54 Å². The molecule has 0 spiro atoms. The first-order valence-electron chi connectivity index (χ1n) is 3.34. The predicted octanol–water partition coefficient (Wildman–Crippen LogP) is 0.441. The Morgan fingerprint density at radius 2 is 2.46 bits per heavy atom. The molecule has 0 aliphatic carbocycles. The highest BCUT2D eigenvalue weighted by molar-refractivity contribution is 7.89. The van der Waals surface area contributed by atoms with Crippen molar-refractivity contribution in [2.24, 2.45) is 0 Å². The van der Waals surface area contributed by atoms with Gasteiger partial charge in [-0.2, -0.15) is 5.10 Å². The topological polar surface area (TPSA) is 74.8 Å². The molecule has 0 unspecified atom stereocenters. The van der Waals surface area contributed by atoms with Crippen LogP contribution in [0.4, 0.5) is 0 Å². The molecule has 1 aromatic heterocycles. The van der Waals surface area contributed by atoms with E-state index in [4.69, 9.17) is 11.6 Å². The maximum absolute atomic E-state index is 11.3. The third-order valence-electron chi connectivity index (χ3n) is 1.24. The predicted molar refractivity (Wildman–Crippen MR) is 48.8 cm³/mol. The number of halogens is 1. The van der Waals surface area contributed by atoms with Gasteiger partial charge in [-0.3, -0.25) is 5.10 Å². The third-order valence-corrected chi connectivity index (χ3v) is 2.74. The summed E-state index contributed by atoms with van der Waals surface area (Å²) in [6.07, 6.45) is 2.48. The number of hydrogen-bond acceptors (Lipinski definition) is 3. The van der Waals surface area contributed by atoms with E-state index < -0.39 is 10.0 Å². The van der Waals surface area contributed by atoms with Crippen molar-refractivity contribution in [3.05, 3.63) is 24.0 Å². The molecule has 0 saturated heterocycles. The second-order valence-electron chi connectivity index (χ2n) is 2.28. The summed E-state index contributed by atoms with van der Waals surface area (Å²) < 4.78 is 24.9. The first-order chi connectivity index (χ1) is 6.02. The average molecular weight is 222 g/mol. The fourth-order valence-electron chi connectivity index (χ4n) is 0.643. The van der Waals surface area contributed by atoms with Crippen LogP contribution in [0.2, 0.25) is 0 Å². The molecule has 5 nitrogen and oxygen atoms in total. The Hall–Kier alpha value is -0.850.